The van der Waals surface area contributed by atoms with E-state index in [9.17, 15) is 14.9 Å². The van der Waals surface area contributed by atoms with Crippen molar-refractivity contribution in [3.05, 3.63) is 63.4 Å². The molecule has 0 bridgehead atoms. The smallest absolute Gasteiger partial charge is 0.293 e. The fourth-order valence-corrected chi connectivity index (χ4v) is 3.83. The van der Waals surface area contributed by atoms with Gasteiger partial charge in [-0.3, -0.25) is 20.2 Å². The molecule has 27 heavy (non-hydrogen) atoms. The third-order valence-electron chi connectivity index (χ3n) is 4.42. The summed E-state index contributed by atoms with van der Waals surface area (Å²) in [6, 6.07) is 10.3. The van der Waals surface area contributed by atoms with Gasteiger partial charge in [-0.1, -0.05) is 24.3 Å². The summed E-state index contributed by atoms with van der Waals surface area (Å²) in [5, 5.41) is 14.9. The lowest BCUT2D eigenvalue weighted by molar-refractivity contribution is -0.384. The van der Waals surface area contributed by atoms with Gasteiger partial charge in [-0.25, -0.2) is 4.98 Å². The number of carbonyl (C=O) groups is 1. The summed E-state index contributed by atoms with van der Waals surface area (Å²) in [5.74, 6) is -0.154. The lowest BCUT2D eigenvalue weighted by Gasteiger charge is -1.99. The summed E-state index contributed by atoms with van der Waals surface area (Å²) < 4.78 is 6.37. The van der Waals surface area contributed by atoms with Crippen molar-refractivity contribution < 1.29 is 14.1 Å². The van der Waals surface area contributed by atoms with E-state index in [2.05, 4.69) is 17.2 Å². The molecule has 8 heteroatoms. The molecule has 1 N–H and O–H groups in total. The van der Waals surface area contributed by atoms with Crippen LogP contribution in [0.2, 0.25) is 0 Å². The minimum Gasteiger partial charge on any atom is -0.451 e. The van der Waals surface area contributed by atoms with E-state index in [0.29, 0.717) is 20.9 Å². The number of carbonyl (C=O) groups excluding carboxylic acids is 1. The number of nitro groups is 1. The van der Waals surface area contributed by atoms with Crippen LogP contribution in [0, 0.1) is 17.0 Å². The van der Waals surface area contributed by atoms with E-state index in [-0.39, 0.29) is 11.4 Å². The predicted octanol–water partition coefficient (Wildman–Crippen LogP) is 5.07. The number of nitro benzene ring substituents is 1. The highest BCUT2D eigenvalue weighted by atomic mass is 32.1. The number of anilines is 1. The van der Waals surface area contributed by atoms with Crippen LogP contribution in [-0.2, 0) is 6.42 Å². The Labute approximate surface area is 157 Å². The van der Waals surface area contributed by atoms with Crippen molar-refractivity contribution >= 4 is 49.2 Å². The second-order valence-corrected chi connectivity index (χ2v) is 7.15. The van der Waals surface area contributed by atoms with E-state index >= 15 is 0 Å². The van der Waals surface area contributed by atoms with Gasteiger partial charge >= 0.3 is 0 Å². The summed E-state index contributed by atoms with van der Waals surface area (Å²) in [4.78, 5) is 27.4. The van der Waals surface area contributed by atoms with Crippen molar-refractivity contribution in [1.82, 2.24) is 4.98 Å². The highest BCUT2D eigenvalue weighted by Crippen LogP contribution is 2.31. The zero-order valence-electron chi connectivity index (χ0n) is 14.6. The third-order valence-corrected chi connectivity index (χ3v) is 5.35. The Morgan fingerprint density at radius 1 is 1.30 bits per heavy atom. The Balaban J connectivity index is 1.65. The number of rotatable bonds is 4. The molecule has 4 aromatic rings. The molecule has 0 atom stereocenters. The van der Waals surface area contributed by atoms with Gasteiger partial charge in [-0.2, -0.15) is 0 Å². The molecule has 0 saturated carbocycles. The first-order chi connectivity index (χ1) is 13.0. The SMILES string of the molecule is CCc1ccc2oc(C(=O)Nc3nc4ccc([N+](=O)[O-])cc4s3)c(C)c2c1. The van der Waals surface area contributed by atoms with Crippen LogP contribution in [0.5, 0.6) is 0 Å². The molecule has 2 aromatic heterocycles. The standard InChI is InChI=1S/C19H15N3O4S/c1-3-11-4-7-15-13(8-11)10(2)17(26-15)18(23)21-19-20-14-6-5-12(22(24)25)9-16(14)27-19/h4-9H,3H2,1-2H3,(H,20,21,23). The molecular formula is C19H15N3O4S. The number of nitrogens with one attached hydrogen (secondary N) is 1. The number of furan rings is 1. The zero-order valence-corrected chi connectivity index (χ0v) is 15.4. The summed E-state index contributed by atoms with van der Waals surface area (Å²) in [6.45, 7) is 3.92. The van der Waals surface area contributed by atoms with Crippen molar-refractivity contribution in [2.75, 3.05) is 5.32 Å². The number of aromatic nitrogens is 1. The van der Waals surface area contributed by atoms with Gasteiger partial charge in [0.05, 0.1) is 15.1 Å². The van der Waals surface area contributed by atoms with Crippen LogP contribution in [0.4, 0.5) is 10.8 Å². The lowest BCUT2D eigenvalue weighted by atomic mass is 10.1. The van der Waals surface area contributed by atoms with Gasteiger partial charge in [-0.05, 0) is 37.1 Å². The molecule has 0 unspecified atom stereocenters. The van der Waals surface area contributed by atoms with Crippen molar-refractivity contribution in [2.45, 2.75) is 20.3 Å². The number of fused-ring (bicyclic) bond motifs is 2. The molecule has 0 aliphatic heterocycles. The van der Waals surface area contributed by atoms with E-state index < -0.39 is 10.8 Å². The lowest BCUT2D eigenvalue weighted by Crippen LogP contribution is -2.11. The molecule has 7 nitrogen and oxygen atoms in total. The van der Waals surface area contributed by atoms with Crippen LogP contribution < -0.4 is 5.32 Å². The number of hydrogen-bond donors (Lipinski definition) is 1. The molecule has 0 fully saturated rings. The van der Waals surface area contributed by atoms with Crippen molar-refractivity contribution in [1.29, 1.82) is 0 Å². The molecule has 2 heterocycles. The maximum absolute atomic E-state index is 12.7. The van der Waals surface area contributed by atoms with Crippen LogP contribution in [0.15, 0.2) is 40.8 Å². The molecule has 0 saturated heterocycles. The number of hydrogen-bond acceptors (Lipinski definition) is 6. The summed E-state index contributed by atoms with van der Waals surface area (Å²) in [5.41, 5.74) is 3.19. The second kappa shape index (κ2) is 6.48. The van der Waals surface area contributed by atoms with Crippen LogP contribution in [0.3, 0.4) is 0 Å². The van der Waals surface area contributed by atoms with E-state index in [1.165, 1.54) is 29.0 Å². The molecule has 136 valence electrons. The van der Waals surface area contributed by atoms with Gasteiger partial charge in [0.25, 0.3) is 11.6 Å². The van der Waals surface area contributed by atoms with E-state index in [0.717, 1.165) is 17.4 Å². The average molecular weight is 381 g/mol. The molecule has 0 aliphatic carbocycles. The topological polar surface area (TPSA) is 98.3 Å². The van der Waals surface area contributed by atoms with E-state index in [4.69, 9.17) is 4.42 Å². The molecule has 4 rings (SSSR count). The number of aryl methyl sites for hydroxylation is 2. The predicted molar refractivity (Wildman–Crippen MR) is 105 cm³/mol. The zero-order chi connectivity index (χ0) is 19.1. The summed E-state index contributed by atoms with van der Waals surface area (Å²) >= 11 is 1.18. The third kappa shape index (κ3) is 3.04. The van der Waals surface area contributed by atoms with Gasteiger partial charge in [0.15, 0.2) is 10.9 Å². The van der Waals surface area contributed by atoms with Crippen LogP contribution >= 0.6 is 11.3 Å². The van der Waals surface area contributed by atoms with Gasteiger partial charge in [-0.15, -0.1) is 0 Å². The Morgan fingerprint density at radius 2 is 2.11 bits per heavy atom. The van der Waals surface area contributed by atoms with Crippen molar-refractivity contribution in [3.8, 4) is 0 Å². The highest BCUT2D eigenvalue weighted by molar-refractivity contribution is 7.22. The fourth-order valence-electron chi connectivity index (χ4n) is 2.94. The molecule has 0 aliphatic rings. The second-order valence-electron chi connectivity index (χ2n) is 6.12. The Hall–Kier alpha value is -3.26. The molecular weight excluding hydrogens is 366 g/mol. The first-order valence-electron chi connectivity index (χ1n) is 8.34. The van der Waals surface area contributed by atoms with Crippen LogP contribution in [0.25, 0.3) is 21.2 Å². The number of amides is 1. The highest BCUT2D eigenvalue weighted by Gasteiger charge is 2.19. The van der Waals surface area contributed by atoms with E-state index in [1.54, 1.807) is 6.07 Å². The number of non-ortho nitro benzene ring substituents is 1. The Morgan fingerprint density at radius 3 is 2.85 bits per heavy atom. The van der Waals surface area contributed by atoms with Gasteiger partial charge in [0.1, 0.15) is 5.58 Å². The maximum atomic E-state index is 12.7. The monoisotopic (exact) mass is 381 g/mol. The molecule has 2 aromatic carbocycles. The minimum atomic E-state index is -0.459. The number of thiazole rings is 1. The summed E-state index contributed by atoms with van der Waals surface area (Å²) in [6.07, 6.45) is 0.903. The molecule has 0 spiro atoms. The quantitative estimate of drug-likeness (QED) is 0.393. The first kappa shape index (κ1) is 17.2. The van der Waals surface area contributed by atoms with Crippen molar-refractivity contribution in [2.24, 2.45) is 0 Å². The number of nitrogens with zero attached hydrogens (tertiary/aromatic N) is 2. The molecule has 1 amide bonds. The Bertz CT molecular complexity index is 1210. The normalized spacial score (nSPS) is 11.2. The van der Waals surface area contributed by atoms with Crippen LogP contribution in [-0.4, -0.2) is 15.8 Å². The Kier molecular flexibility index (Phi) is 4.12. The largest absolute Gasteiger partial charge is 0.451 e. The molecule has 0 radical (unpaired) electrons. The minimum absolute atomic E-state index is 0.0103. The average Bonchev–Trinajstić information content (AvgIpc) is 3.21. The van der Waals surface area contributed by atoms with E-state index in [1.807, 2.05) is 25.1 Å². The van der Waals surface area contributed by atoms with Crippen molar-refractivity contribution in [3.63, 3.8) is 0 Å². The van der Waals surface area contributed by atoms with Crippen LogP contribution in [0.1, 0.15) is 28.6 Å². The van der Waals surface area contributed by atoms with Gasteiger partial charge in [0.2, 0.25) is 0 Å². The van der Waals surface area contributed by atoms with Gasteiger partial charge < -0.3 is 4.42 Å². The summed E-state index contributed by atoms with van der Waals surface area (Å²) in [7, 11) is 0. The first-order valence-corrected chi connectivity index (χ1v) is 9.16. The fraction of sp³-hybridized carbons (Fsp3) is 0.158. The maximum Gasteiger partial charge on any atom is 0.293 e. The number of benzene rings is 2. The van der Waals surface area contributed by atoms with Gasteiger partial charge in [0, 0.05) is 23.1 Å².